The fourth-order valence-electron chi connectivity index (χ4n) is 6.44. The van der Waals surface area contributed by atoms with Crippen LogP contribution in [0.15, 0.2) is 48.5 Å². The van der Waals surface area contributed by atoms with Crippen LogP contribution in [0.5, 0.6) is 5.88 Å². The van der Waals surface area contributed by atoms with E-state index in [-0.39, 0.29) is 34.8 Å². The van der Waals surface area contributed by atoms with Gasteiger partial charge in [-0.25, -0.2) is 23.5 Å². The van der Waals surface area contributed by atoms with Crippen LogP contribution in [0, 0.1) is 28.9 Å². The van der Waals surface area contributed by atoms with Gasteiger partial charge in [0.25, 0.3) is 0 Å². The molecule has 2 aromatic carbocycles. The summed E-state index contributed by atoms with van der Waals surface area (Å²) in [5.74, 6) is -0.785. The van der Waals surface area contributed by atoms with Crippen LogP contribution >= 0.6 is 0 Å². The molecule has 3 unspecified atom stereocenters. The number of carboxylic acids is 1. The second-order valence-corrected chi connectivity index (χ2v) is 11.7. The minimum atomic E-state index is -1.18. The summed E-state index contributed by atoms with van der Waals surface area (Å²) in [6.07, 6.45) is 2.78. The van der Waals surface area contributed by atoms with Gasteiger partial charge in [-0.1, -0.05) is 12.1 Å². The minimum Gasteiger partial charge on any atom is -0.478 e. The molecular weight excluding hydrogens is 556 g/mol. The first-order valence-corrected chi connectivity index (χ1v) is 14.4. The van der Waals surface area contributed by atoms with E-state index in [1.807, 2.05) is 22.8 Å². The Hall–Kier alpha value is -4.40. The first-order chi connectivity index (χ1) is 20.8. The molecule has 220 valence electrons. The molecule has 0 bridgehead atoms. The van der Waals surface area contributed by atoms with Crippen LogP contribution in [0.3, 0.4) is 0 Å². The van der Waals surface area contributed by atoms with E-state index in [1.165, 1.54) is 12.1 Å². The van der Waals surface area contributed by atoms with Crippen molar-refractivity contribution in [3.8, 4) is 11.9 Å². The predicted molar refractivity (Wildman–Crippen MR) is 150 cm³/mol. The van der Waals surface area contributed by atoms with Crippen molar-refractivity contribution in [2.24, 2.45) is 5.92 Å². The largest absolute Gasteiger partial charge is 0.478 e. The van der Waals surface area contributed by atoms with Gasteiger partial charge in [0, 0.05) is 30.2 Å². The van der Waals surface area contributed by atoms with Gasteiger partial charge in [0.15, 0.2) is 5.82 Å². The van der Waals surface area contributed by atoms with Gasteiger partial charge in [-0.05, 0) is 62.1 Å². The standard InChI is InChI=1S/C32H29F2N5O4/c33-24-10-19(14-35)4-5-20(24)18-43-29-3-1-2-27(36-29)32-7-8-38(15-22(32)13-32)17-28-37-30-25(34)11-21(31(40)41)12-26(30)39(28)16-23-6-9-42-23/h1-5,10-12,22-23H,6-9,13,15-18H2,(H,40,41). The number of aromatic carboxylic acids is 1. The lowest BCUT2D eigenvalue weighted by Gasteiger charge is -2.32. The Labute approximate surface area is 246 Å². The molecule has 0 spiro atoms. The van der Waals surface area contributed by atoms with E-state index >= 15 is 0 Å². The fraction of sp³-hybridized carbons (Fsp3) is 0.375. The van der Waals surface area contributed by atoms with Crippen molar-refractivity contribution in [3.63, 3.8) is 0 Å². The number of piperidine rings is 1. The highest BCUT2D eigenvalue weighted by atomic mass is 19.1. The highest BCUT2D eigenvalue weighted by Gasteiger charge is 2.58. The number of imidazole rings is 1. The van der Waals surface area contributed by atoms with Crippen molar-refractivity contribution in [2.75, 3.05) is 19.7 Å². The summed E-state index contributed by atoms with van der Waals surface area (Å²) in [5, 5.41) is 18.4. The average molecular weight is 586 g/mol. The highest BCUT2D eigenvalue weighted by Crippen LogP contribution is 2.59. The van der Waals surface area contributed by atoms with Crippen LogP contribution in [-0.4, -0.2) is 56.3 Å². The number of aromatic nitrogens is 3. The number of hydrogen-bond donors (Lipinski definition) is 1. The quantitative estimate of drug-likeness (QED) is 0.298. The Bertz CT molecular complexity index is 1780. The molecular formula is C32H29F2N5O4. The van der Waals surface area contributed by atoms with E-state index in [0.717, 1.165) is 44.1 Å². The topological polar surface area (TPSA) is 114 Å². The van der Waals surface area contributed by atoms with E-state index in [2.05, 4.69) is 9.88 Å². The number of nitriles is 1. The molecule has 7 rings (SSSR count). The summed E-state index contributed by atoms with van der Waals surface area (Å²) < 4.78 is 42.6. The first-order valence-electron chi connectivity index (χ1n) is 14.4. The SMILES string of the molecule is N#Cc1ccc(COc2cccc(C34CCN(Cc5nc6c(F)cc(C(=O)O)cc6n5CC5CCO5)CC3C4)n2)c(F)c1. The molecule has 9 nitrogen and oxygen atoms in total. The van der Waals surface area contributed by atoms with Crippen molar-refractivity contribution in [2.45, 2.75) is 50.5 Å². The van der Waals surface area contributed by atoms with Crippen LogP contribution in [0.25, 0.3) is 11.0 Å². The Balaban J connectivity index is 1.05. The molecule has 2 aliphatic heterocycles. The molecule has 4 aromatic rings. The molecule has 0 radical (unpaired) electrons. The number of carbonyl (C=O) groups is 1. The lowest BCUT2D eigenvalue weighted by Crippen LogP contribution is -2.37. The third-order valence-electron chi connectivity index (χ3n) is 9.05. The molecule has 43 heavy (non-hydrogen) atoms. The maximum absolute atomic E-state index is 14.9. The summed E-state index contributed by atoms with van der Waals surface area (Å²) in [6.45, 7) is 3.34. The van der Waals surface area contributed by atoms with Crippen LogP contribution in [0.4, 0.5) is 8.78 Å². The number of carboxylic acid groups (broad SMARTS) is 1. The lowest BCUT2D eigenvalue weighted by molar-refractivity contribution is -0.0592. The number of pyridine rings is 1. The molecule has 1 N–H and O–H groups in total. The van der Waals surface area contributed by atoms with Gasteiger partial charge >= 0.3 is 5.97 Å². The summed E-state index contributed by atoms with van der Waals surface area (Å²) in [4.78, 5) is 23.3. The molecule has 0 amide bonds. The Morgan fingerprint density at radius 2 is 2.05 bits per heavy atom. The highest BCUT2D eigenvalue weighted by molar-refractivity contribution is 5.92. The monoisotopic (exact) mass is 585 g/mol. The normalized spacial score (nSPS) is 22.9. The second-order valence-electron chi connectivity index (χ2n) is 11.7. The Kier molecular flexibility index (Phi) is 6.83. The van der Waals surface area contributed by atoms with E-state index in [1.54, 1.807) is 18.2 Å². The summed E-state index contributed by atoms with van der Waals surface area (Å²) in [6, 6.07) is 14.5. The van der Waals surface area contributed by atoms with Crippen molar-refractivity contribution in [1.82, 2.24) is 19.4 Å². The van der Waals surface area contributed by atoms with E-state index < -0.39 is 17.6 Å². The number of nitrogens with zero attached hydrogens (tertiary/aromatic N) is 5. The molecule has 3 fully saturated rings. The Morgan fingerprint density at radius 3 is 2.77 bits per heavy atom. The summed E-state index contributed by atoms with van der Waals surface area (Å²) in [5.41, 5.74) is 2.09. The zero-order valence-corrected chi connectivity index (χ0v) is 23.3. The third kappa shape index (κ3) is 5.11. The number of fused-ring (bicyclic) bond motifs is 2. The molecule has 11 heteroatoms. The van der Waals surface area contributed by atoms with Crippen molar-refractivity contribution < 1.29 is 28.2 Å². The number of benzene rings is 2. The van der Waals surface area contributed by atoms with Gasteiger partial charge in [-0.3, -0.25) is 4.90 Å². The van der Waals surface area contributed by atoms with Crippen molar-refractivity contribution >= 4 is 17.0 Å². The molecule has 3 atom stereocenters. The molecule has 1 saturated carbocycles. The van der Waals surface area contributed by atoms with Crippen molar-refractivity contribution in [3.05, 3.63) is 88.4 Å². The van der Waals surface area contributed by atoms with Gasteiger partial charge in [-0.15, -0.1) is 0 Å². The third-order valence-corrected chi connectivity index (χ3v) is 9.05. The van der Waals surface area contributed by atoms with Gasteiger partial charge in [0.1, 0.15) is 23.8 Å². The van der Waals surface area contributed by atoms with Crippen LogP contribution < -0.4 is 4.74 Å². The maximum atomic E-state index is 14.9. The molecule has 2 aromatic heterocycles. The summed E-state index contributed by atoms with van der Waals surface area (Å²) in [7, 11) is 0. The first kappa shape index (κ1) is 27.4. The van der Waals surface area contributed by atoms with Crippen LogP contribution in [0.1, 0.15) is 52.3 Å². The maximum Gasteiger partial charge on any atom is 0.335 e. The minimum absolute atomic E-state index is 0.000827. The van der Waals surface area contributed by atoms with Gasteiger partial charge in [-0.2, -0.15) is 5.26 Å². The van der Waals surface area contributed by atoms with Gasteiger partial charge in [0.2, 0.25) is 5.88 Å². The Morgan fingerprint density at radius 1 is 1.19 bits per heavy atom. The van der Waals surface area contributed by atoms with E-state index in [9.17, 15) is 18.7 Å². The predicted octanol–water partition coefficient (Wildman–Crippen LogP) is 4.81. The number of ether oxygens (including phenoxy) is 2. The van der Waals surface area contributed by atoms with Gasteiger partial charge in [0.05, 0.1) is 47.6 Å². The van der Waals surface area contributed by atoms with Gasteiger partial charge < -0.3 is 19.1 Å². The van der Waals surface area contributed by atoms with Crippen LogP contribution in [0.2, 0.25) is 0 Å². The number of hydrogen-bond acceptors (Lipinski definition) is 7. The van der Waals surface area contributed by atoms with Crippen molar-refractivity contribution in [1.29, 1.82) is 5.26 Å². The lowest BCUT2D eigenvalue weighted by atomic mass is 9.91. The molecule has 3 aliphatic rings. The smallest absolute Gasteiger partial charge is 0.335 e. The zero-order chi connectivity index (χ0) is 29.7. The molecule has 4 heterocycles. The number of likely N-dealkylation sites (tertiary alicyclic amines) is 1. The fourth-order valence-corrected chi connectivity index (χ4v) is 6.44. The van der Waals surface area contributed by atoms with E-state index in [0.29, 0.717) is 48.4 Å². The van der Waals surface area contributed by atoms with Crippen LogP contribution in [-0.2, 0) is 29.8 Å². The van der Waals surface area contributed by atoms with E-state index in [4.69, 9.17) is 19.7 Å². The average Bonchev–Trinajstić information content (AvgIpc) is 3.62. The number of rotatable bonds is 9. The second kappa shape index (κ2) is 10.7. The molecule has 2 saturated heterocycles. The number of halogens is 2. The zero-order valence-electron chi connectivity index (χ0n) is 23.3. The molecule has 1 aliphatic carbocycles. The summed E-state index contributed by atoms with van der Waals surface area (Å²) >= 11 is 0.